The molecule has 0 spiro atoms. The van der Waals surface area contributed by atoms with Crippen molar-refractivity contribution in [3.63, 3.8) is 0 Å². The zero-order chi connectivity index (χ0) is 14.7. The molecule has 112 valence electrons. The highest BCUT2D eigenvalue weighted by atomic mass is 16.3. The van der Waals surface area contributed by atoms with Gasteiger partial charge in [-0.2, -0.15) is 0 Å². The molecule has 0 radical (unpaired) electrons. The van der Waals surface area contributed by atoms with Crippen LogP contribution in [0.5, 0.6) is 0 Å². The number of hydrogen-bond donors (Lipinski definition) is 1. The molecule has 1 fully saturated rings. The molecule has 1 unspecified atom stereocenters. The number of amides is 1. The molecule has 1 aromatic rings. The molecule has 0 aliphatic carbocycles. The maximum atomic E-state index is 12.3. The van der Waals surface area contributed by atoms with E-state index >= 15 is 0 Å². The predicted octanol–water partition coefficient (Wildman–Crippen LogP) is 2.59. The first-order valence-corrected chi connectivity index (χ1v) is 7.47. The molecule has 5 nitrogen and oxygen atoms in total. The van der Waals surface area contributed by atoms with E-state index in [4.69, 9.17) is 10.2 Å². The third-order valence-electron chi connectivity index (χ3n) is 3.85. The van der Waals surface area contributed by atoms with Gasteiger partial charge in [0.1, 0.15) is 6.26 Å². The number of likely N-dealkylation sites (tertiary alicyclic amines) is 1. The van der Waals surface area contributed by atoms with Crippen molar-refractivity contribution < 1.29 is 9.21 Å². The molecule has 0 saturated carbocycles. The number of oxazole rings is 1. The van der Waals surface area contributed by atoms with E-state index < -0.39 is 0 Å². The van der Waals surface area contributed by atoms with Gasteiger partial charge in [-0.3, -0.25) is 4.79 Å². The quantitative estimate of drug-likeness (QED) is 0.919. The summed E-state index contributed by atoms with van der Waals surface area (Å²) in [4.78, 5) is 18.5. The molecule has 2 heterocycles. The van der Waals surface area contributed by atoms with E-state index in [9.17, 15) is 4.79 Å². The molecule has 1 aliphatic rings. The smallest absolute Gasteiger partial charge is 0.275 e. The number of nitrogens with zero attached hydrogens (tertiary/aromatic N) is 2. The van der Waals surface area contributed by atoms with Crippen molar-refractivity contribution in [2.75, 3.05) is 13.1 Å². The highest BCUT2D eigenvalue weighted by molar-refractivity contribution is 5.92. The van der Waals surface area contributed by atoms with Gasteiger partial charge in [-0.05, 0) is 31.1 Å². The van der Waals surface area contributed by atoms with Crippen molar-refractivity contribution in [1.29, 1.82) is 0 Å². The van der Waals surface area contributed by atoms with Gasteiger partial charge in [0.25, 0.3) is 5.91 Å². The lowest BCUT2D eigenvalue weighted by Gasteiger charge is -2.29. The third-order valence-corrected chi connectivity index (χ3v) is 3.85. The minimum atomic E-state index is -0.238. The maximum absolute atomic E-state index is 12.3. The second-order valence-electron chi connectivity index (χ2n) is 6.28. The highest BCUT2D eigenvalue weighted by Crippen LogP contribution is 2.21. The fraction of sp³-hybridized carbons (Fsp3) is 0.733. The maximum Gasteiger partial charge on any atom is 0.275 e. The number of nitrogens with two attached hydrogens (primary N) is 1. The van der Waals surface area contributed by atoms with Gasteiger partial charge in [0.2, 0.25) is 5.89 Å². The van der Waals surface area contributed by atoms with Crippen LogP contribution in [0.1, 0.15) is 62.5 Å². The first-order valence-electron chi connectivity index (χ1n) is 7.47. The van der Waals surface area contributed by atoms with Crippen LogP contribution in [0.2, 0.25) is 0 Å². The van der Waals surface area contributed by atoms with E-state index in [-0.39, 0.29) is 11.9 Å². The van der Waals surface area contributed by atoms with E-state index in [0.29, 0.717) is 23.4 Å². The SMILES string of the molecule is CC(C)CC(N)c1nc(C(=O)N2CCC(C)CC2)co1. The number of hydrogen-bond acceptors (Lipinski definition) is 4. The summed E-state index contributed by atoms with van der Waals surface area (Å²) in [5.74, 6) is 1.60. The van der Waals surface area contributed by atoms with E-state index in [1.54, 1.807) is 0 Å². The highest BCUT2D eigenvalue weighted by Gasteiger charge is 2.25. The Kier molecular flexibility index (Phi) is 4.81. The number of rotatable bonds is 4. The first kappa shape index (κ1) is 15.0. The van der Waals surface area contributed by atoms with Crippen LogP contribution in [0.15, 0.2) is 10.7 Å². The lowest BCUT2D eigenvalue weighted by Crippen LogP contribution is -2.38. The van der Waals surface area contributed by atoms with Crippen molar-refractivity contribution >= 4 is 5.91 Å². The van der Waals surface area contributed by atoms with Crippen LogP contribution >= 0.6 is 0 Å². The summed E-state index contributed by atoms with van der Waals surface area (Å²) in [5, 5.41) is 0. The second kappa shape index (κ2) is 6.39. The van der Waals surface area contributed by atoms with Crippen molar-refractivity contribution in [2.24, 2.45) is 17.6 Å². The third kappa shape index (κ3) is 3.60. The summed E-state index contributed by atoms with van der Waals surface area (Å²) >= 11 is 0. The van der Waals surface area contributed by atoms with Gasteiger partial charge in [0.15, 0.2) is 5.69 Å². The summed E-state index contributed by atoms with van der Waals surface area (Å²) in [5.41, 5.74) is 6.41. The molecule has 2 rings (SSSR count). The Morgan fingerprint density at radius 3 is 2.75 bits per heavy atom. The molecule has 20 heavy (non-hydrogen) atoms. The lowest BCUT2D eigenvalue weighted by molar-refractivity contribution is 0.0691. The Bertz CT molecular complexity index is 448. The second-order valence-corrected chi connectivity index (χ2v) is 6.28. The Hall–Kier alpha value is -1.36. The Morgan fingerprint density at radius 1 is 1.50 bits per heavy atom. The molecule has 1 amide bonds. The van der Waals surface area contributed by atoms with Crippen molar-refractivity contribution in [1.82, 2.24) is 9.88 Å². The van der Waals surface area contributed by atoms with Crippen LogP contribution < -0.4 is 5.73 Å². The molecule has 1 atom stereocenters. The van der Waals surface area contributed by atoms with Crippen LogP contribution in [0, 0.1) is 11.8 Å². The number of carbonyl (C=O) groups is 1. The number of aromatic nitrogens is 1. The average molecular weight is 279 g/mol. The summed E-state index contributed by atoms with van der Waals surface area (Å²) in [6.45, 7) is 8.04. The number of piperidine rings is 1. The van der Waals surface area contributed by atoms with Crippen LogP contribution in [0.4, 0.5) is 0 Å². The molecule has 0 bridgehead atoms. The first-order chi connectivity index (χ1) is 9.47. The van der Waals surface area contributed by atoms with Gasteiger partial charge in [-0.15, -0.1) is 0 Å². The van der Waals surface area contributed by atoms with Crippen LogP contribution in [-0.2, 0) is 0 Å². The molecule has 1 aromatic heterocycles. The molecule has 1 saturated heterocycles. The monoisotopic (exact) mass is 279 g/mol. The average Bonchev–Trinajstić information content (AvgIpc) is 2.87. The van der Waals surface area contributed by atoms with Crippen LogP contribution in [-0.4, -0.2) is 28.9 Å². The Morgan fingerprint density at radius 2 is 2.15 bits per heavy atom. The zero-order valence-corrected chi connectivity index (χ0v) is 12.6. The molecule has 0 aromatic carbocycles. The Balaban J connectivity index is 1.99. The van der Waals surface area contributed by atoms with Crippen LogP contribution in [0.3, 0.4) is 0 Å². The zero-order valence-electron chi connectivity index (χ0n) is 12.6. The molecule has 2 N–H and O–H groups in total. The number of carbonyl (C=O) groups excluding carboxylic acids is 1. The Labute approximate surface area is 120 Å². The largest absolute Gasteiger partial charge is 0.446 e. The van der Waals surface area contributed by atoms with Crippen molar-refractivity contribution in [2.45, 2.75) is 46.1 Å². The van der Waals surface area contributed by atoms with Gasteiger partial charge >= 0.3 is 0 Å². The van der Waals surface area contributed by atoms with Crippen molar-refractivity contribution in [3.05, 3.63) is 17.8 Å². The molecule has 5 heteroatoms. The minimum absolute atomic E-state index is 0.0383. The van der Waals surface area contributed by atoms with E-state index in [2.05, 4.69) is 25.8 Å². The van der Waals surface area contributed by atoms with E-state index in [1.165, 1.54) is 6.26 Å². The normalized spacial score (nSPS) is 18.6. The van der Waals surface area contributed by atoms with E-state index in [1.807, 2.05) is 4.90 Å². The molecular formula is C15H25N3O2. The summed E-state index contributed by atoms with van der Waals surface area (Å²) in [6.07, 6.45) is 4.36. The van der Waals surface area contributed by atoms with Gasteiger partial charge in [0.05, 0.1) is 6.04 Å². The summed E-state index contributed by atoms with van der Waals surface area (Å²) in [7, 11) is 0. The van der Waals surface area contributed by atoms with Gasteiger partial charge in [0, 0.05) is 13.1 Å². The standard InChI is InChI=1S/C15H25N3O2/c1-10(2)8-12(16)14-17-13(9-20-14)15(19)18-6-4-11(3)5-7-18/h9-12H,4-8,16H2,1-3H3. The predicted molar refractivity (Wildman–Crippen MR) is 77.2 cm³/mol. The minimum Gasteiger partial charge on any atom is -0.446 e. The fourth-order valence-corrected chi connectivity index (χ4v) is 2.54. The van der Waals surface area contributed by atoms with Gasteiger partial charge in [-0.1, -0.05) is 20.8 Å². The van der Waals surface area contributed by atoms with Crippen LogP contribution in [0.25, 0.3) is 0 Å². The van der Waals surface area contributed by atoms with Gasteiger partial charge in [-0.25, -0.2) is 4.98 Å². The fourth-order valence-electron chi connectivity index (χ4n) is 2.54. The lowest BCUT2D eigenvalue weighted by atomic mass is 9.99. The summed E-state index contributed by atoms with van der Waals surface area (Å²) in [6, 6.07) is -0.238. The topological polar surface area (TPSA) is 72.4 Å². The van der Waals surface area contributed by atoms with Crippen molar-refractivity contribution in [3.8, 4) is 0 Å². The van der Waals surface area contributed by atoms with E-state index in [0.717, 1.165) is 32.4 Å². The van der Waals surface area contributed by atoms with Gasteiger partial charge < -0.3 is 15.1 Å². The molecule has 1 aliphatic heterocycles. The molecular weight excluding hydrogens is 254 g/mol. The summed E-state index contributed by atoms with van der Waals surface area (Å²) < 4.78 is 5.38.